The lowest BCUT2D eigenvalue weighted by Gasteiger charge is -2.23. The zero-order chi connectivity index (χ0) is 33.0. The smallest absolute Gasteiger partial charge is 0.475 e. The van der Waals surface area contributed by atoms with Crippen molar-refractivity contribution in [3.8, 4) is 11.5 Å². The molecule has 8 rings (SSSR count). The van der Waals surface area contributed by atoms with Crippen LogP contribution >= 0.6 is 0 Å². The Balaban J connectivity index is 1.37. The van der Waals surface area contributed by atoms with Crippen LogP contribution in [0.2, 0.25) is 0 Å². The molecule has 0 radical (unpaired) electrons. The van der Waals surface area contributed by atoms with Crippen molar-refractivity contribution in [3.05, 3.63) is 119 Å². The molecular formula is C35H37BN4O7. The number of aromatic nitrogens is 2. The van der Waals surface area contributed by atoms with Gasteiger partial charge in [0.05, 0.1) is 31.5 Å². The first-order valence-corrected chi connectivity index (χ1v) is 15.6. The summed E-state index contributed by atoms with van der Waals surface area (Å²) in [5.74, 6) is -1.24. The predicted molar refractivity (Wildman–Crippen MR) is 175 cm³/mol. The van der Waals surface area contributed by atoms with Gasteiger partial charge < -0.3 is 30.2 Å². The highest BCUT2D eigenvalue weighted by Crippen LogP contribution is 2.17. The van der Waals surface area contributed by atoms with Crippen LogP contribution in [0, 0.1) is 0 Å². The fourth-order valence-electron chi connectivity index (χ4n) is 5.11. The molecule has 0 unspecified atom stereocenters. The van der Waals surface area contributed by atoms with E-state index in [1.807, 2.05) is 54.6 Å². The van der Waals surface area contributed by atoms with E-state index in [1.54, 1.807) is 24.3 Å². The van der Waals surface area contributed by atoms with Gasteiger partial charge in [-0.1, -0.05) is 54.6 Å². The van der Waals surface area contributed by atoms with Crippen molar-refractivity contribution in [3.63, 3.8) is 0 Å². The fraction of sp³-hybridized carbons (Fsp3) is 0.286. The number of carbonyl (C=O) groups is 3. The van der Waals surface area contributed by atoms with E-state index >= 15 is 0 Å². The van der Waals surface area contributed by atoms with Gasteiger partial charge in [0.25, 0.3) is 5.91 Å². The first-order valence-electron chi connectivity index (χ1n) is 15.6. The van der Waals surface area contributed by atoms with Gasteiger partial charge in [0.2, 0.25) is 5.91 Å². The number of benzene rings is 3. The molecule has 2 atom stereocenters. The molecule has 0 aliphatic carbocycles. The lowest BCUT2D eigenvalue weighted by Crippen LogP contribution is -2.55. The maximum Gasteiger partial charge on any atom is 0.475 e. The standard InChI is InChI=1S/C35H37BN4O7/c41-32-17-12-24-8-13-27(14-9-24)46-18-4-5-19-47-28-15-10-26(11-16-28)20-29(39-35(43)31-23-37-22-30(32)38-31)34(42)40-33(36(44)45)21-25-6-2-1-3-7-25/h1-3,6-11,13-16,22-23,29,33,44-45H,4-5,12,17-21H2,(H,39,43)(H,40,42)/t29-,33+/m1/s1. The van der Waals surface area contributed by atoms with Crippen LogP contribution in [0.25, 0.3) is 0 Å². The van der Waals surface area contributed by atoms with Gasteiger partial charge in [-0.15, -0.1) is 0 Å². The second kappa shape index (κ2) is 16.5. The number of nitrogens with zero attached hydrogens (tertiary/aromatic N) is 2. The van der Waals surface area contributed by atoms with Gasteiger partial charge in [0.15, 0.2) is 5.78 Å². The maximum atomic E-state index is 13.6. The normalized spacial score (nSPS) is 16.6. The minimum atomic E-state index is -1.85. The molecule has 1 aromatic heterocycles. The number of ketones is 1. The first kappa shape index (κ1) is 33.3. The number of carbonyl (C=O) groups excluding carboxylic acids is 3. The molecule has 242 valence electrons. The van der Waals surface area contributed by atoms with Crippen molar-refractivity contribution < 1.29 is 33.9 Å². The molecule has 6 bridgehead atoms. The number of amides is 2. The number of hydrogen-bond acceptors (Lipinski definition) is 9. The Labute approximate surface area is 273 Å². The molecule has 47 heavy (non-hydrogen) atoms. The molecule has 3 aromatic carbocycles. The van der Waals surface area contributed by atoms with E-state index in [1.165, 1.54) is 12.4 Å². The second-order valence-electron chi connectivity index (χ2n) is 11.4. The zero-order valence-electron chi connectivity index (χ0n) is 25.9. The van der Waals surface area contributed by atoms with Gasteiger partial charge in [-0.3, -0.25) is 19.4 Å². The predicted octanol–water partition coefficient (Wildman–Crippen LogP) is 2.92. The van der Waals surface area contributed by atoms with E-state index < -0.39 is 30.9 Å². The van der Waals surface area contributed by atoms with Crippen LogP contribution in [0.1, 0.15) is 56.9 Å². The minimum Gasteiger partial charge on any atom is -0.494 e. The molecule has 0 saturated carbocycles. The van der Waals surface area contributed by atoms with Gasteiger partial charge >= 0.3 is 7.12 Å². The van der Waals surface area contributed by atoms with E-state index in [0.717, 1.165) is 35.3 Å². The Kier molecular flexibility index (Phi) is 11.7. The molecule has 12 heteroatoms. The van der Waals surface area contributed by atoms with E-state index in [9.17, 15) is 24.4 Å². The highest BCUT2D eigenvalue weighted by molar-refractivity contribution is 6.43. The molecule has 4 aliphatic rings. The van der Waals surface area contributed by atoms with Crippen LogP contribution in [0.4, 0.5) is 0 Å². The first-order chi connectivity index (χ1) is 22.8. The molecule has 2 amide bonds. The molecule has 0 saturated heterocycles. The fourth-order valence-corrected chi connectivity index (χ4v) is 5.11. The molecule has 4 aromatic rings. The summed E-state index contributed by atoms with van der Waals surface area (Å²) in [6, 6.07) is 22.7. The molecule has 0 fully saturated rings. The molecule has 5 heterocycles. The van der Waals surface area contributed by atoms with Crippen LogP contribution in [0.15, 0.2) is 91.3 Å². The van der Waals surface area contributed by atoms with E-state index in [-0.39, 0.29) is 36.4 Å². The molecule has 0 spiro atoms. The molecule has 11 nitrogen and oxygen atoms in total. The topological polar surface area (TPSA) is 160 Å². The number of nitrogens with one attached hydrogen (secondary N) is 2. The molecule has 4 aliphatic heterocycles. The summed E-state index contributed by atoms with van der Waals surface area (Å²) < 4.78 is 11.7. The summed E-state index contributed by atoms with van der Waals surface area (Å²) in [5, 5.41) is 25.5. The molecule has 4 N–H and O–H groups in total. The number of aryl methyl sites for hydroxylation is 1. The van der Waals surface area contributed by atoms with Crippen LogP contribution in [-0.4, -0.2) is 69.9 Å². The van der Waals surface area contributed by atoms with Crippen LogP contribution in [0.5, 0.6) is 11.5 Å². The number of rotatable bonds is 5. The molecular weight excluding hydrogens is 599 g/mol. The highest BCUT2D eigenvalue weighted by atomic mass is 16.5. The van der Waals surface area contributed by atoms with E-state index in [0.29, 0.717) is 25.4 Å². The summed E-state index contributed by atoms with van der Waals surface area (Å²) in [4.78, 5) is 48.3. The Morgan fingerprint density at radius 3 is 2.11 bits per heavy atom. The monoisotopic (exact) mass is 636 g/mol. The Morgan fingerprint density at radius 2 is 1.47 bits per heavy atom. The van der Waals surface area contributed by atoms with Crippen molar-refractivity contribution >= 4 is 24.7 Å². The largest absolute Gasteiger partial charge is 0.494 e. The summed E-state index contributed by atoms with van der Waals surface area (Å²) in [6.07, 6.45) is 5.00. The van der Waals surface area contributed by atoms with E-state index in [4.69, 9.17) is 9.47 Å². The lowest BCUT2D eigenvalue weighted by atomic mass is 9.75. The average Bonchev–Trinajstić information content (AvgIpc) is 3.09. The zero-order valence-corrected chi connectivity index (χ0v) is 25.9. The quantitative estimate of drug-likeness (QED) is 0.242. The Hall–Kier alpha value is -5.07. The van der Waals surface area contributed by atoms with Gasteiger partial charge in [-0.25, -0.2) is 4.98 Å². The van der Waals surface area contributed by atoms with Crippen LogP contribution < -0.4 is 20.1 Å². The third-order valence-corrected chi connectivity index (χ3v) is 7.76. The summed E-state index contributed by atoms with van der Waals surface area (Å²) in [7, 11) is -1.85. The van der Waals surface area contributed by atoms with Crippen molar-refractivity contribution in [1.29, 1.82) is 0 Å². The van der Waals surface area contributed by atoms with Gasteiger partial charge in [0.1, 0.15) is 28.9 Å². The second-order valence-corrected chi connectivity index (χ2v) is 11.4. The third kappa shape index (κ3) is 9.96. The van der Waals surface area contributed by atoms with Crippen molar-refractivity contribution in [2.24, 2.45) is 0 Å². The minimum absolute atomic E-state index is 0.0370. The van der Waals surface area contributed by atoms with Crippen molar-refractivity contribution in [1.82, 2.24) is 20.6 Å². The maximum absolute atomic E-state index is 13.6. The number of hydrogen-bond donors (Lipinski definition) is 4. The summed E-state index contributed by atoms with van der Waals surface area (Å²) in [5.41, 5.74) is 2.38. The Bertz CT molecular complexity index is 1640. The third-order valence-electron chi connectivity index (χ3n) is 7.76. The van der Waals surface area contributed by atoms with Gasteiger partial charge in [-0.05, 0) is 66.6 Å². The van der Waals surface area contributed by atoms with Gasteiger partial charge in [0, 0.05) is 12.8 Å². The number of Topliss-reactive ketones (excluding diaryl/α,β-unsaturated/α-hetero) is 1. The lowest BCUT2D eigenvalue weighted by molar-refractivity contribution is -0.123. The Morgan fingerprint density at radius 1 is 0.851 bits per heavy atom. The van der Waals surface area contributed by atoms with Crippen LogP contribution in [-0.2, 0) is 24.1 Å². The highest BCUT2D eigenvalue weighted by Gasteiger charge is 2.30. The van der Waals surface area contributed by atoms with Gasteiger partial charge in [-0.2, -0.15) is 0 Å². The van der Waals surface area contributed by atoms with Crippen molar-refractivity contribution in [2.75, 3.05) is 13.2 Å². The number of ether oxygens (including phenoxy) is 2. The SMILES string of the molecule is O=C1CCc2ccc(cc2)OCCCCOc2ccc(cc2)C[C@H](C(=O)N[C@@H](Cc2ccccc2)B(O)O)NC(=O)c2cncc1n2. The van der Waals surface area contributed by atoms with Crippen LogP contribution in [0.3, 0.4) is 0 Å². The van der Waals surface area contributed by atoms with E-state index in [2.05, 4.69) is 20.6 Å². The summed E-state index contributed by atoms with van der Waals surface area (Å²) in [6.45, 7) is 1.05. The average molecular weight is 637 g/mol. The summed E-state index contributed by atoms with van der Waals surface area (Å²) >= 11 is 0. The van der Waals surface area contributed by atoms with Crippen molar-refractivity contribution in [2.45, 2.75) is 50.5 Å².